The number of amides is 2. The molecule has 1 aliphatic heterocycles. The van der Waals surface area contributed by atoms with Crippen molar-refractivity contribution in [2.45, 2.75) is 31.7 Å². The van der Waals surface area contributed by atoms with Crippen LogP contribution in [0.5, 0.6) is 0 Å². The maximum atomic E-state index is 10.8. The SMILES string of the molecule is NC(=O)CN(CCCC1CCCN1)CC(N)=O. The number of primary amides is 2. The van der Waals surface area contributed by atoms with Crippen LogP contribution in [0.25, 0.3) is 0 Å². The number of nitrogens with one attached hydrogen (secondary N) is 1. The first-order chi connectivity index (χ1) is 8.08. The highest BCUT2D eigenvalue weighted by Gasteiger charge is 2.15. The molecule has 98 valence electrons. The van der Waals surface area contributed by atoms with Gasteiger partial charge in [-0.25, -0.2) is 0 Å². The lowest BCUT2D eigenvalue weighted by molar-refractivity contribution is -0.121. The highest BCUT2D eigenvalue weighted by atomic mass is 16.2. The smallest absolute Gasteiger partial charge is 0.231 e. The van der Waals surface area contributed by atoms with E-state index in [4.69, 9.17) is 11.5 Å². The molecule has 1 saturated heterocycles. The number of carbonyl (C=O) groups is 2. The molecule has 6 heteroatoms. The Morgan fingerprint density at radius 3 is 2.35 bits per heavy atom. The van der Waals surface area contributed by atoms with Gasteiger partial charge < -0.3 is 16.8 Å². The summed E-state index contributed by atoms with van der Waals surface area (Å²) in [7, 11) is 0. The fourth-order valence-corrected chi connectivity index (χ4v) is 2.22. The largest absolute Gasteiger partial charge is 0.369 e. The third-order valence-electron chi connectivity index (χ3n) is 2.95. The summed E-state index contributed by atoms with van der Waals surface area (Å²) in [5.41, 5.74) is 10.2. The van der Waals surface area contributed by atoms with Crippen molar-refractivity contribution in [3.8, 4) is 0 Å². The quantitative estimate of drug-likeness (QED) is 0.497. The molecule has 0 bridgehead atoms. The fourth-order valence-electron chi connectivity index (χ4n) is 2.22. The molecule has 17 heavy (non-hydrogen) atoms. The predicted octanol–water partition coefficient (Wildman–Crippen LogP) is -1.21. The first-order valence-corrected chi connectivity index (χ1v) is 6.10. The van der Waals surface area contributed by atoms with Crippen LogP contribution >= 0.6 is 0 Å². The van der Waals surface area contributed by atoms with Crippen LogP contribution in [0, 0.1) is 0 Å². The number of nitrogens with zero attached hydrogens (tertiary/aromatic N) is 1. The van der Waals surface area contributed by atoms with E-state index in [2.05, 4.69) is 5.32 Å². The summed E-state index contributed by atoms with van der Waals surface area (Å²) in [6.45, 7) is 1.98. The third-order valence-corrected chi connectivity index (χ3v) is 2.95. The van der Waals surface area contributed by atoms with Gasteiger partial charge in [0.25, 0.3) is 0 Å². The molecule has 1 unspecified atom stereocenters. The van der Waals surface area contributed by atoms with Gasteiger partial charge in [0.15, 0.2) is 0 Å². The first kappa shape index (κ1) is 13.9. The Balaban J connectivity index is 2.21. The standard InChI is InChI=1S/C11H22N4O2/c12-10(16)7-15(8-11(13)17)6-2-4-9-3-1-5-14-9/h9,14H,1-8H2,(H2,12,16)(H2,13,17). The van der Waals surface area contributed by atoms with Crippen molar-refractivity contribution in [1.29, 1.82) is 0 Å². The average molecular weight is 242 g/mol. The zero-order valence-electron chi connectivity index (χ0n) is 10.2. The van der Waals surface area contributed by atoms with E-state index in [1.54, 1.807) is 4.90 Å². The zero-order valence-corrected chi connectivity index (χ0v) is 10.2. The Morgan fingerprint density at radius 1 is 1.24 bits per heavy atom. The van der Waals surface area contributed by atoms with Crippen molar-refractivity contribution in [2.75, 3.05) is 26.2 Å². The second-order valence-corrected chi connectivity index (χ2v) is 4.58. The van der Waals surface area contributed by atoms with Crippen LogP contribution in [-0.2, 0) is 9.59 Å². The summed E-state index contributed by atoms with van der Waals surface area (Å²) >= 11 is 0. The molecular weight excluding hydrogens is 220 g/mol. The van der Waals surface area contributed by atoms with E-state index >= 15 is 0 Å². The number of rotatable bonds is 8. The minimum Gasteiger partial charge on any atom is -0.369 e. The van der Waals surface area contributed by atoms with Gasteiger partial charge in [-0.2, -0.15) is 0 Å². The van der Waals surface area contributed by atoms with Gasteiger partial charge in [0, 0.05) is 6.04 Å². The van der Waals surface area contributed by atoms with E-state index in [1.807, 2.05) is 0 Å². The van der Waals surface area contributed by atoms with Gasteiger partial charge >= 0.3 is 0 Å². The van der Waals surface area contributed by atoms with Crippen LogP contribution in [0.2, 0.25) is 0 Å². The van der Waals surface area contributed by atoms with Gasteiger partial charge in [-0.1, -0.05) is 0 Å². The van der Waals surface area contributed by atoms with Crippen molar-refractivity contribution in [3.63, 3.8) is 0 Å². The molecule has 0 aliphatic carbocycles. The molecule has 0 aromatic heterocycles. The minimum absolute atomic E-state index is 0.0982. The Hall–Kier alpha value is -1.14. The molecule has 0 radical (unpaired) electrons. The van der Waals surface area contributed by atoms with Crippen LogP contribution in [-0.4, -0.2) is 48.9 Å². The van der Waals surface area contributed by atoms with Crippen LogP contribution < -0.4 is 16.8 Å². The van der Waals surface area contributed by atoms with Gasteiger partial charge in [0.05, 0.1) is 13.1 Å². The number of carbonyl (C=O) groups excluding carboxylic acids is 2. The maximum absolute atomic E-state index is 10.8. The van der Waals surface area contributed by atoms with Crippen LogP contribution in [0.4, 0.5) is 0 Å². The molecule has 0 aromatic carbocycles. The van der Waals surface area contributed by atoms with Gasteiger partial charge in [-0.05, 0) is 38.8 Å². The fraction of sp³-hybridized carbons (Fsp3) is 0.818. The monoisotopic (exact) mass is 242 g/mol. The molecule has 1 rings (SSSR count). The number of hydrogen-bond acceptors (Lipinski definition) is 4. The summed E-state index contributed by atoms with van der Waals surface area (Å²) < 4.78 is 0. The van der Waals surface area contributed by atoms with Crippen LogP contribution in [0.1, 0.15) is 25.7 Å². The van der Waals surface area contributed by atoms with Crippen molar-refractivity contribution in [2.24, 2.45) is 11.5 Å². The molecule has 0 spiro atoms. The Morgan fingerprint density at radius 2 is 1.88 bits per heavy atom. The first-order valence-electron chi connectivity index (χ1n) is 6.10. The van der Waals surface area contributed by atoms with Crippen molar-refractivity contribution in [1.82, 2.24) is 10.2 Å². The number of nitrogens with two attached hydrogens (primary N) is 2. The van der Waals surface area contributed by atoms with Crippen molar-refractivity contribution in [3.05, 3.63) is 0 Å². The van der Waals surface area contributed by atoms with Crippen molar-refractivity contribution < 1.29 is 9.59 Å². The molecule has 0 saturated carbocycles. The van der Waals surface area contributed by atoms with Gasteiger partial charge in [-0.15, -0.1) is 0 Å². The van der Waals surface area contributed by atoms with E-state index in [0.29, 0.717) is 12.6 Å². The summed E-state index contributed by atoms with van der Waals surface area (Å²) in [6, 6.07) is 0.582. The van der Waals surface area contributed by atoms with E-state index in [-0.39, 0.29) is 13.1 Å². The molecule has 0 aromatic rings. The van der Waals surface area contributed by atoms with Gasteiger partial charge in [-0.3, -0.25) is 14.5 Å². The normalized spacial score (nSPS) is 19.7. The minimum atomic E-state index is -0.426. The van der Waals surface area contributed by atoms with E-state index in [1.165, 1.54) is 12.8 Å². The average Bonchev–Trinajstić information content (AvgIpc) is 2.68. The highest BCUT2D eigenvalue weighted by Crippen LogP contribution is 2.10. The van der Waals surface area contributed by atoms with E-state index < -0.39 is 11.8 Å². The summed E-state index contributed by atoms with van der Waals surface area (Å²) in [5.74, 6) is -0.851. The van der Waals surface area contributed by atoms with E-state index in [0.717, 1.165) is 19.4 Å². The van der Waals surface area contributed by atoms with Gasteiger partial charge in [0.1, 0.15) is 0 Å². The van der Waals surface area contributed by atoms with Gasteiger partial charge in [0.2, 0.25) is 11.8 Å². The Labute approximate surface area is 102 Å². The molecular formula is C11H22N4O2. The molecule has 5 N–H and O–H groups in total. The maximum Gasteiger partial charge on any atom is 0.231 e. The number of hydrogen-bond donors (Lipinski definition) is 3. The Kier molecular flexibility index (Phi) is 5.93. The summed E-state index contributed by atoms with van der Waals surface area (Å²) in [4.78, 5) is 23.4. The lowest BCUT2D eigenvalue weighted by atomic mass is 10.1. The highest BCUT2D eigenvalue weighted by molar-refractivity contribution is 5.79. The summed E-state index contributed by atoms with van der Waals surface area (Å²) in [6.07, 6.45) is 4.45. The third kappa shape index (κ3) is 6.23. The second-order valence-electron chi connectivity index (χ2n) is 4.58. The lowest BCUT2D eigenvalue weighted by Crippen LogP contribution is -2.40. The van der Waals surface area contributed by atoms with Crippen LogP contribution in [0.3, 0.4) is 0 Å². The molecule has 1 heterocycles. The summed E-state index contributed by atoms with van der Waals surface area (Å²) in [5, 5.41) is 3.41. The zero-order chi connectivity index (χ0) is 12.7. The molecule has 2 amide bonds. The van der Waals surface area contributed by atoms with Crippen molar-refractivity contribution >= 4 is 11.8 Å². The Bertz CT molecular complexity index is 248. The second kappa shape index (κ2) is 7.24. The van der Waals surface area contributed by atoms with E-state index in [9.17, 15) is 9.59 Å². The predicted molar refractivity (Wildman–Crippen MR) is 65.1 cm³/mol. The lowest BCUT2D eigenvalue weighted by Gasteiger charge is -2.19. The topological polar surface area (TPSA) is 101 Å². The molecule has 1 aliphatic rings. The molecule has 1 fully saturated rings. The molecule has 1 atom stereocenters. The van der Waals surface area contributed by atoms with Crippen LogP contribution in [0.15, 0.2) is 0 Å². The molecule has 6 nitrogen and oxygen atoms in total.